The summed E-state index contributed by atoms with van der Waals surface area (Å²) in [5, 5.41) is 0. The van der Waals surface area contributed by atoms with E-state index < -0.39 is 53.8 Å². The van der Waals surface area contributed by atoms with Gasteiger partial charge in [0.2, 0.25) is 17.7 Å². The number of β-lactam (4-membered cyclic amide) rings is 1. The maximum atomic E-state index is 14.2. The van der Waals surface area contributed by atoms with Crippen LogP contribution in [0.3, 0.4) is 0 Å². The van der Waals surface area contributed by atoms with Gasteiger partial charge in [-0.1, -0.05) is 55.5 Å². The van der Waals surface area contributed by atoms with Gasteiger partial charge in [-0.3, -0.25) is 19.3 Å². The molecule has 5 rings (SSSR count). The summed E-state index contributed by atoms with van der Waals surface area (Å²) in [5.41, 5.74) is -0.0578. The quantitative estimate of drug-likeness (QED) is 0.169. The van der Waals surface area contributed by atoms with E-state index >= 15 is 0 Å². The number of hydrogen-bond donors (Lipinski definition) is 0. The highest BCUT2D eigenvalue weighted by Gasteiger charge is 2.58. The zero-order valence-electron chi connectivity index (χ0n) is 29.4. The van der Waals surface area contributed by atoms with Gasteiger partial charge in [0.15, 0.2) is 0 Å². The standard InChI is InChI=1S/C38H48F3N5O5/c1-5-7-9-13-26(3)32-25-51-37(50)46(32)34-30(6-2)45(36(34)49)31(35(48)42(4)24-27-14-12-15-28(22-27)38(39,40)41)23-33(47)44-20-16-29(17-21-44)43-18-10-8-11-19-43/h5-7,9,12-15,22,29-32,34H,2-3,8,10-11,16-21,23-25H2,1,4H3/b7-5-,13-9-/t30-,31-,32-,34+/m1/s1. The molecule has 0 radical (unpaired) electrons. The number of hydrogen-bond acceptors (Lipinski definition) is 6. The Morgan fingerprint density at radius 3 is 2.43 bits per heavy atom. The van der Waals surface area contributed by atoms with Crippen molar-refractivity contribution in [3.63, 3.8) is 0 Å². The summed E-state index contributed by atoms with van der Waals surface area (Å²) in [6, 6.07) is 1.27. The van der Waals surface area contributed by atoms with Crippen LogP contribution in [0.2, 0.25) is 0 Å². The van der Waals surface area contributed by atoms with Crippen LogP contribution in [0.5, 0.6) is 0 Å². The number of rotatable bonds is 12. The number of likely N-dealkylation sites (tertiary alicyclic amines) is 3. The first-order valence-electron chi connectivity index (χ1n) is 17.7. The highest BCUT2D eigenvalue weighted by molar-refractivity contribution is 5.99. The lowest BCUT2D eigenvalue weighted by molar-refractivity contribution is -0.166. The van der Waals surface area contributed by atoms with E-state index in [4.69, 9.17) is 4.74 Å². The molecule has 4 fully saturated rings. The van der Waals surface area contributed by atoms with Crippen molar-refractivity contribution in [3.8, 4) is 0 Å². The molecule has 4 aliphatic heterocycles. The maximum absolute atomic E-state index is 14.2. The van der Waals surface area contributed by atoms with E-state index in [2.05, 4.69) is 18.1 Å². The summed E-state index contributed by atoms with van der Waals surface area (Å²) < 4.78 is 45.7. The van der Waals surface area contributed by atoms with Gasteiger partial charge in [-0.05, 0) is 69.0 Å². The number of nitrogens with zero attached hydrogens (tertiary/aromatic N) is 5. The summed E-state index contributed by atoms with van der Waals surface area (Å²) in [5.74, 6) is -1.46. The van der Waals surface area contributed by atoms with E-state index in [0.717, 1.165) is 38.1 Å². The number of piperidine rings is 2. The minimum Gasteiger partial charge on any atom is -0.447 e. The maximum Gasteiger partial charge on any atom is 0.416 e. The molecule has 4 aliphatic rings. The Labute approximate surface area is 297 Å². The number of likely N-dealkylation sites (N-methyl/N-ethyl adjacent to an activating group) is 1. The molecule has 276 valence electrons. The summed E-state index contributed by atoms with van der Waals surface area (Å²) in [7, 11) is 1.43. The Hall–Kier alpha value is -4.39. The fourth-order valence-electron chi connectivity index (χ4n) is 7.65. The molecule has 1 aromatic carbocycles. The van der Waals surface area contributed by atoms with E-state index in [1.165, 1.54) is 59.2 Å². The molecule has 13 heteroatoms. The van der Waals surface area contributed by atoms with Gasteiger partial charge < -0.3 is 24.3 Å². The van der Waals surface area contributed by atoms with Gasteiger partial charge in [0.1, 0.15) is 18.7 Å². The Bertz CT molecular complexity index is 1550. The number of allylic oxidation sites excluding steroid dienone is 3. The largest absolute Gasteiger partial charge is 0.447 e. The third kappa shape index (κ3) is 8.40. The highest BCUT2D eigenvalue weighted by Crippen LogP contribution is 2.36. The molecule has 4 saturated heterocycles. The molecule has 0 spiro atoms. The van der Waals surface area contributed by atoms with Gasteiger partial charge in [0, 0.05) is 32.7 Å². The smallest absolute Gasteiger partial charge is 0.416 e. The molecule has 0 bridgehead atoms. The molecule has 0 aliphatic carbocycles. The SMILES string of the molecule is C=C[C@@H]1[C@H](N2C(=O)OC[C@@H]2C(=C)/C=C\C=C/C)C(=O)N1[C@H](CC(=O)N1CCC(N2CCCCC2)CC1)C(=O)N(C)Cc1cccc(C(F)(F)F)c1. The first-order valence-corrected chi connectivity index (χ1v) is 17.7. The normalized spacial score (nSPS) is 24.2. The lowest BCUT2D eigenvalue weighted by atomic mass is 9.88. The second-order valence-electron chi connectivity index (χ2n) is 13.7. The van der Waals surface area contributed by atoms with Crippen molar-refractivity contribution in [1.82, 2.24) is 24.5 Å². The first kappa shape index (κ1) is 37.9. The van der Waals surface area contributed by atoms with Crippen molar-refractivity contribution in [2.45, 2.75) is 88.4 Å². The number of carbonyl (C=O) groups excluding carboxylic acids is 4. The lowest BCUT2D eigenvalue weighted by Crippen LogP contribution is -2.75. The minimum absolute atomic E-state index is 0.0144. The summed E-state index contributed by atoms with van der Waals surface area (Å²) >= 11 is 0. The Morgan fingerprint density at radius 1 is 1.08 bits per heavy atom. The average Bonchev–Trinajstić information content (AvgIpc) is 3.49. The summed E-state index contributed by atoms with van der Waals surface area (Å²) in [6.45, 7) is 12.8. The van der Waals surface area contributed by atoms with Crippen molar-refractivity contribution < 1.29 is 37.1 Å². The van der Waals surface area contributed by atoms with E-state index in [0.29, 0.717) is 24.7 Å². The number of benzene rings is 1. The Morgan fingerprint density at radius 2 is 1.78 bits per heavy atom. The van der Waals surface area contributed by atoms with Gasteiger partial charge in [0.05, 0.1) is 24.1 Å². The fraction of sp³-hybridized carbons (Fsp3) is 0.526. The molecular weight excluding hydrogens is 663 g/mol. The molecule has 4 heterocycles. The number of ether oxygens (including phenoxy) is 1. The fourth-order valence-corrected chi connectivity index (χ4v) is 7.65. The van der Waals surface area contributed by atoms with Crippen LogP contribution in [-0.4, -0.2) is 118 Å². The van der Waals surface area contributed by atoms with Crippen molar-refractivity contribution >= 4 is 23.8 Å². The molecule has 0 N–H and O–H groups in total. The second kappa shape index (κ2) is 16.3. The van der Waals surface area contributed by atoms with Gasteiger partial charge in [0.25, 0.3) is 0 Å². The molecule has 51 heavy (non-hydrogen) atoms. The van der Waals surface area contributed by atoms with Crippen LogP contribution in [0.1, 0.15) is 56.6 Å². The third-order valence-corrected chi connectivity index (χ3v) is 10.4. The van der Waals surface area contributed by atoms with Gasteiger partial charge in [-0.25, -0.2) is 4.79 Å². The molecule has 0 aromatic heterocycles. The second-order valence-corrected chi connectivity index (χ2v) is 13.7. The van der Waals surface area contributed by atoms with Crippen LogP contribution in [0.15, 0.2) is 73.4 Å². The van der Waals surface area contributed by atoms with Crippen molar-refractivity contribution in [1.29, 1.82) is 0 Å². The van der Waals surface area contributed by atoms with Crippen LogP contribution in [0.25, 0.3) is 0 Å². The van der Waals surface area contributed by atoms with Gasteiger partial charge in [-0.15, -0.1) is 6.58 Å². The monoisotopic (exact) mass is 711 g/mol. The molecule has 0 unspecified atom stereocenters. The number of alkyl halides is 3. The Kier molecular flexibility index (Phi) is 12.1. The predicted molar refractivity (Wildman–Crippen MR) is 186 cm³/mol. The minimum atomic E-state index is -4.56. The van der Waals surface area contributed by atoms with E-state index in [1.54, 1.807) is 23.1 Å². The molecular formula is C38H48F3N5O5. The average molecular weight is 712 g/mol. The summed E-state index contributed by atoms with van der Waals surface area (Å²) in [4.78, 5) is 63.3. The van der Waals surface area contributed by atoms with Gasteiger partial charge >= 0.3 is 12.3 Å². The van der Waals surface area contributed by atoms with E-state index in [9.17, 15) is 32.3 Å². The van der Waals surface area contributed by atoms with Crippen molar-refractivity contribution in [2.24, 2.45) is 0 Å². The Balaban J connectivity index is 1.37. The summed E-state index contributed by atoms with van der Waals surface area (Å²) in [6.07, 6.45) is 8.19. The number of halogens is 3. The van der Waals surface area contributed by atoms with Crippen molar-refractivity contribution in [3.05, 3.63) is 84.5 Å². The molecule has 10 nitrogen and oxygen atoms in total. The molecule has 4 amide bonds. The first-order chi connectivity index (χ1) is 24.3. The van der Waals surface area contributed by atoms with Crippen LogP contribution in [0.4, 0.5) is 18.0 Å². The van der Waals surface area contributed by atoms with Crippen LogP contribution < -0.4 is 0 Å². The lowest BCUT2D eigenvalue weighted by Gasteiger charge is -2.52. The number of amides is 4. The third-order valence-electron chi connectivity index (χ3n) is 10.4. The van der Waals surface area contributed by atoms with Crippen LogP contribution in [0, 0.1) is 0 Å². The van der Waals surface area contributed by atoms with Gasteiger partial charge in [-0.2, -0.15) is 13.2 Å². The number of carbonyl (C=O) groups is 4. The zero-order chi connectivity index (χ0) is 36.9. The van der Waals surface area contributed by atoms with E-state index in [-0.39, 0.29) is 31.0 Å². The molecule has 0 saturated carbocycles. The molecule has 4 atom stereocenters. The van der Waals surface area contributed by atoms with E-state index in [1.807, 2.05) is 13.0 Å². The van der Waals surface area contributed by atoms with Crippen LogP contribution >= 0.6 is 0 Å². The zero-order valence-corrected chi connectivity index (χ0v) is 29.4. The molecule has 1 aromatic rings. The highest BCUT2D eigenvalue weighted by atomic mass is 19.4. The van der Waals surface area contributed by atoms with Crippen LogP contribution in [-0.2, 0) is 31.8 Å². The van der Waals surface area contributed by atoms with Crippen molar-refractivity contribution in [2.75, 3.05) is 39.8 Å². The topological polar surface area (TPSA) is 93.7 Å². The predicted octanol–water partition coefficient (Wildman–Crippen LogP) is 5.17. The number of cyclic esters (lactones) is 1.